The Bertz CT molecular complexity index is 509. The number of amides is 1. The van der Waals surface area contributed by atoms with Crippen LogP contribution in [-0.4, -0.2) is 44.0 Å². The number of carbonyl (C=O) groups is 1. The largest absolute Gasteiger partial charge is 0.396 e. The van der Waals surface area contributed by atoms with E-state index in [-0.39, 0.29) is 18.1 Å². The molecular formula is C14H23N3O2S2. The van der Waals surface area contributed by atoms with Crippen molar-refractivity contribution in [3.63, 3.8) is 0 Å². The summed E-state index contributed by atoms with van der Waals surface area (Å²) in [5.41, 5.74) is 6.79. The number of morpholine rings is 1. The lowest BCUT2D eigenvalue weighted by atomic mass is 10.2. The molecule has 0 radical (unpaired) electrons. The van der Waals surface area contributed by atoms with E-state index in [1.807, 2.05) is 13.2 Å². The zero-order valence-corrected chi connectivity index (χ0v) is 14.6. The Balaban J connectivity index is 2.34. The number of hydrogen-bond donors (Lipinski definition) is 2. The van der Waals surface area contributed by atoms with Crippen LogP contribution in [0.5, 0.6) is 0 Å². The molecular weight excluding hydrogens is 306 g/mol. The summed E-state index contributed by atoms with van der Waals surface area (Å²) >= 11 is 3.08. The molecule has 21 heavy (non-hydrogen) atoms. The number of ether oxygens (including phenoxy) is 1. The van der Waals surface area contributed by atoms with Gasteiger partial charge in [0.15, 0.2) is 0 Å². The van der Waals surface area contributed by atoms with E-state index < -0.39 is 0 Å². The van der Waals surface area contributed by atoms with Crippen molar-refractivity contribution in [1.82, 2.24) is 5.32 Å². The van der Waals surface area contributed by atoms with E-state index in [0.717, 1.165) is 23.0 Å². The number of nitrogen functional groups attached to an aromatic ring is 1. The molecule has 1 aliphatic rings. The summed E-state index contributed by atoms with van der Waals surface area (Å²) in [4.78, 5) is 16.0. The molecule has 1 amide bonds. The fourth-order valence-corrected chi connectivity index (χ4v) is 4.69. The molecule has 0 aromatic carbocycles. The Morgan fingerprint density at radius 2 is 2.10 bits per heavy atom. The van der Waals surface area contributed by atoms with Crippen LogP contribution in [0.2, 0.25) is 0 Å². The second-order valence-corrected chi connectivity index (χ2v) is 7.02. The zero-order valence-electron chi connectivity index (χ0n) is 12.9. The van der Waals surface area contributed by atoms with Gasteiger partial charge in [0.2, 0.25) is 0 Å². The van der Waals surface area contributed by atoms with Crippen LogP contribution in [0, 0.1) is 0 Å². The number of thiophene rings is 1. The molecule has 1 aromatic heterocycles. The number of nitrogens with zero attached hydrogens (tertiary/aromatic N) is 1. The van der Waals surface area contributed by atoms with Crippen LogP contribution in [-0.2, 0) is 4.74 Å². The van der Waals surface area contributed by atoms with Crippen molar-refractivity contribution in [1.29, 1.82) is 0 Å². The van der Waals surface area contributed by atoms with Gasteiger partial charge in [-0.2, -0.15) is 0 Å². The number of carbonyl (C=O) groups excluding carboxylic acids is 1. The average molecular weight is 329 g/mol. The van der Waals surface area contributed by atoms with Crippen molar-refractivity contribution in [2.75, 3.05) is 36.5 Å². The van der Waals surface area contributed by atoms with Gasteiger partial charge in [0.1, 0.15) is 9.88 Å². The summed E-state index contributed by atoms with van der Waals surface area (Å²) in [5, 5.41) is 3.91. The Kier molecular flexibility index (Phi) is 5.40. The van der Waals surface area contributed by atoms with E-state index in [1.165, 1.54) is 11.3 Å². The van der Waals surface area contributed by atoms with Crippen LogP contribution in [0.4, 0.5) is 10.7 Å². The number of rotatable bonds is 4. The molecule has 7 heteroatoms. The molecule has 0 aliphatic carbocycles. The Morgan fingerprint density at radius 1 is 1.48 bits per heavy atom. The average Bonchev–Trinajstić information content (AvgIpc) is 2.75. The third kappa shape index (κ3) is 3.46. The van der Waals surface area contributed by atoms with Crippen molar-refractivity contribution in [2.24, 2.45) is 0 Å². The van der Waals surface area contributed by atoms with Gasteiger partial charge in [-0.25, -0.2) is 0 Å². The molecule has 1 saturated heterocycles. The first-order valence-corrected chi connectivity index (χ1v) is 9.16. The molecule has 118 valence electrons. The summed E-state index contributed by atoms with van der Waals surface area (Å²) in [6.45, 7) is 8.31. The Labute approximate surface area is 134 Å². The highest BCUT2D eigenvalue weighted by atomic mass is 32.2. The number of nitrogens with one attached hydrogen (secondary N) is 1. The number of nitrogens with two attached hydrogens (primary N) is 1. The van der Waals surface area contributed by atoms with Crippen LogP contribution < -0.4 is 16.0 Å². The van der Waals surface area contributed by atoms with Crippen LogP contribution in [0.25, 0.3) is 0 Å². The minimum atomic E-state index is -0.0871. The maximum atomic E-state index is 12.1. The maximum absolute atomic E-state index is 12.1. The van der Waals surface area contributed by atoms with E-state index in [4.69, 9.17) is 10.5 Å². The van der Waals surface area contributed by atoms with Gasteiger partial charge < -0.3 is 20.7 Å². The number of hydrogen-bond acceptors (Lipinski definition) is 6. The third-order valence-corrected chi connectivity index (χ3v) is 5.55. The summed E-state index contributed by atoms with van der Waals surface area (Å²) < 4.78 is 5.78. The number of anilines is 2. The highest BCUT2D eigenvalue weighted by Gasteiger charge is 2.28. The maximum Gasteiger partial charge on any atom is 0.263 e. The van der Waals surface area contributed by atoms with Crippen LogP contribution in [0.15, 0.2) is 4.90 Å². The molecule has 2 atom stereocenters. The minimum Gasteiger partial charge on any atom is -0.396 e. The third-order valence-electron chi connectivity index (χ3n) is 3.34. The molecule has 1 aromatic rings. The molecule has 1 aliphatic heterocycles. The molecule has 1 fully saturated rings. The Hall–Kier alpha value is -0.920. The zero-order chi connectivity index (χ0) is 15.6. The summed E-state index contributed by atoms with van der Waals surface area (Å²) in [5.74, 6) is -0.0871. The Morgan fingerprint density at radius 3 is 2.62 bits per heavy atom. The van der Waals surface area contributed by atoms with E-state index in [9.17, 15) is 4.79 Å². The first kappa shape index (κ1) is 16.5. The second-order valence-electron chi connectivity index (χ2n) is 5.21. The molecule has 5 nitrogen and oxygen atoms in total. The van der Waals surface area contributed by atoms with E-state index >= 15 is 0 Å². The monoisotopic (exact) mass is 329 g/mol. The van der Waals surface area contributed by atoms with Crippen LogP contribution in [0.1, 0.15) is 30.4 Å². The predicted octanol–water partition coefficient (Wildman–Crippen LogP) is 2.42. The smallest absolute Gasteiger partial charge is 0.263 e. The summed E-state index contributed by atoms with van der Waals surface area (Å²) in [6.07, 6.45) is 2.36. The van der Waals surface area contributed by atoms with Crippen LogP contribution >= 0.6 is 23.1 Å². The van der Waals surface area contributed by atoms with Gasteiger partial charge in [-0.3, -0.25) is 4.79 Å². The normalized spacial score (nSPS) is 22.4. The van der Waals surface area contributed by atoms with Crippen molar-refractivity contribution < 1.29 is 9.53 Å². The highest BCUT2D eigenvalue weighted by molar-refractivity contribution is 7.99. The lowest BCUT2D eigenvalue weighted by molar-refractivity contribution is -0.00513. The summed E-state index contributed by atoms with van der Waals surface area (Å²) in [7, 11) is 0. The lowest BCUT2D eigenvalue weighted by Crippen LogP contribution is -2.45. The van der Waals surface area contributed by atoms with Crippen molar-refractivity contribution in [3.8, 4) is 0 Å². The van der Waals surface area contributed by atoms with E-state index in [0.29, 0.717) is 17.1 Å². The lowest BCUT2D eigenvalue weighted by Gasteiger charge is -2.36. The number of thioether (sulfide) groups is 1. The van der Waals surface area contributed by atoms with Crippen LogP contribution in [0.3, 0.4) is 0 Å². The van der Waals surface area contributed by atoms with Crippen molar-refractivity contribution in [2.45, 2.75) is 37.9 Å². The molecule has 2 rings (SSSR count). The van der Waals surface area contributed by atoms with Gasteiger partial charge in [-0.1, -0.05) is 0 Å². The quantitative estimate of drug-likeness (QED) is 0.830. The fraction of sp³-hybridized carbons (Fsp3) is 0.643. The fourth-order valence-electron chi connectivity index (χ4n) is 2.57. The van der Waals surface area contributed by atoms with E-state index in [2.05, 4.69) is 24.1 Å². The van der Waals surface area contributed by atoms with E-state index in [1.54, 1.807) is 11.8 Å². The van der Waals surface area contributed by atoms with Gasteiger partial charge in [0.25, 0.3) is 5.91 Å². The highest BCUT2D eigenvalue weighted by Crippen LogP contribution is 2.44. The summed E-state index contributed by atoms with van der Waals surface area (Å²) in [6, 6.07) is 0. The minimum absolute atomic E-state index is 0.0871. The van der Waals surface area contributed by atoms with Crippen molar-refractivity contribution in [3.05, 3.63) is 4.88 Å². The first-order valence-electron chi connectivity index (χ1n) is 7.12. The van der Waals surface area contributed by atoms with Crippen molar-refractivity contribution >= 4 is 39.7 Å². The van der Waals surface area contributed by atoms with Gasteiger partial charge >= 0.3 is 0 Å². The predicted molar refractivity (Wildman–Crippen MR) is 90.7 cm³/mol. The van der Waals surface area contributed by atoms with Gasteiger partial charge in [-0.15, -0.1) is 23.1 Å². The van der Waals surface area contributed by atoms with Gasteiger partial charge in [0.05, 0.1) is 22.8 Å². The van der Waals surface area contributed by atoms with Gasteiger partial charge in [0, 0.05) is 19.6 Å². The topological polar surface area (TPSA) is 67.6 Å². The second kappa shape index (κ2) is 6.89. The standard InChI is InChI=1S/C14H23N3O2S2/c1-5-16-13(18)11-10(15)12(20-4)14(21-11)17-6-8(2)19-9(3)7-17/h8-9H,5-7,15H2,1-4H3,(H,16,18). The SMILES string of the molecule is CCNC(=O)c1sc(N2CC(C)OC(C)C2)c(SC)c1N. The molecule has 0 spiro atoms. The molecule has 0 bridgehead atoms. The van der Waals surface area contributed by atoms with Gasteiger partial charge in [-0.05, 0) is 27.0 Å². The molecule has 2 unspecified atom stereocenters. The molecule has 0 saturated carbocycles. The molecule has 3 N–H and O–H groups in total. The molecule has 2 heterocycles. The first-order chi connectivity index (χ1) is 9.97.